The fourth-order valence-electron chi connectivity index (χ4n) is 4.11. The SMILES string of the molecule is CC1CC(NC(=O)N2CCC(CC(=O)N(C)C)CC2)CN1C1CC1. The summed E-state index contributed by atoms with van der Waals surface area (Å²) in [6, 6.07) is 1.74. The van der Waals surface area contributed by atoms with Gasteiger partial charge >= 0.3 is 6.03 Å². The Bertz CT molecular complexity index is 470. The van der Waals surface area contributed by atoms with E-state index in [1.807, 2.05) is 4.90 Å². The molecule has 6 nitrogen and oxygen atoms in total. The first-order valence-electron chi connectivity index (χ1n) is 9.45. The second-order valence-corrected chi connectivity index (χ2v) is 8.08. The van der Waals surface area contributed by atoms with Gasteiger partial charge in [-0.15, -0.1) is 0 Å². The molecule has 0 aromatic carbocycles. The molecule has 3 fully saturated rings. The van der Waals surface area contributed by atoms with Crippen LogP contribution in [0.3, 0.4) is 0 Å². The van der Waals surface area contributed by atoms with Gasteiger partial charge in [0.05, 0.1) is 0 Å². The molecular formula is C18H32N4O2. The standard InChI is InChI=1S/C18H32N4O2/c1-13-10-15(12-22(13)16-4-5-16)19-18(24)21-8-6-14(7-9-21)11-17(23)20(2)3/h13-16H,4-12H2,1-3H3,(H,19,24). The summed E-state index contributed by atoms with van der Waals surface area (Å²) in [5.41, 5.74) is 0. The van der Waals surface area contributed by atoms with Gasteiger partial charge in [0.1, 0.15) is 0 Å². The van der Waals surface area contributed by atoms with Crippen molar-refractivity contribution in [2.75, 3.05) is 33.7 Å². The maximum atomic E-state index is 12.5. The highest BCUT2D eigenvalue weighted by molar-refractivity contribution is 5.76. The van der Waals surface area contributed by atoms with Gasteiger partial charge in [0.2, 0.25) is 5.91 Å². The Morgan fingerprint density at radius 3 is 2.38 bits per heavy atom. The van der Waals surface area contributed by atoms with Crippen molar-refractivity contribution < 1.29 is 9.59 Å². The highest BCUT2D eigenvalue weighted by Crippen LogP contribution is 2.33. The Morgan fingerprint density at radius 1 is 1.12 bits per heavy atom. The van der Waals surface area contributed by atoms with E-state index in [1.54, 1.807) is 19.0 Å². The molecule has 2 saturated heterocycles. The van der Waals surface area contributed by atoms with Gasteiger partial charge in [-0.1, -0.05) is 0 Å². The van der Waals surface area contributed by atoms with Gasteiger partial charge < -0.3 is 15.1 Å². The van der Waals surface area contributed by atoms with Crippen molar-refractivity contribution in [3.63, 3.8) is 0 Å². The Kier molecular flexibility index (Phi) is 5.33. The number of amides is 3. The molecule has 1 saturated carbocycles. The summed E-state index contributed by atoms with van der Waals surface area (Å²) in [4.78, 5) is 30.5. The van der Waals surface area contributed by atoms with Crippen LogP contribution in [-0.4, -0.2) is 78.5 Å². The van der Waals surface area contributed by atoms with E-state index in [2.05, 4.69) is 17.1 Å². The van der Waals surface area contributed by atoms with E-state index in [9.17, 15) is 9.59 Å². The van der Waals surface area contributed by atoms with Crippen LogP contribution in [0.1, 0.15) is 45.4 Å². The first-order valence-corrected chi connectivity index (χ1v) is 9.45. The summed E-state index contributed by atoms with van der Waals surface area (Å²) < 4.78 is 0. The molecule has 3 aliphatic rings. The fourth-order valence-corrected chi connectivity index (χ4v) is 4.11. The number of nitrogens with zero attached hydrogens (tertiary/aromatic N) is 3. The summed E-state index contributed by atoms with van der Waals surface area (Å²) in [7, 11) is 3.61. The molecule has 6 heteroatoms. The number of rotatable bonds is 4. The number of nitrogens with one attached hydrogen (secondary N) is 1. The highest BCUT2D eigenvalue weighted by atomic mass is 16.2. The maximum absolute atomic E-state index is 12.5. The van der Waals surface area contributed by atoms with Crippen LogP contribution in [0.25, 0.3) is 0 Å². The van der Waals surface area contributed by atoms with E-state index < -0.39 is 0 Å². The molecule has 0 radical (unpaired) electrons. The van der Waals surface area contributed by atoms with E-state index in [4.69, 9.17) is 0 Å². The molecule has 2 atom stereocenters. The quantitative estimate of drug-likeness (QED) is 0.847. The lowest BCUT2D eigenvalue weighted by atomic mass is 9.93. The van der Waals surface area contributed by atoms with E-state index in [-0.39, 0.29) is 11.9 Å². The van der Waals surface area contributed by atoms with Crippen molar-refractivity contribution in [2.24, 2.45) is 5.92 Å². The van der Waals surface area contributed by atoms with Crippen molar-refractivity contribution in [1.29, 1.82) is 0 Å². The summed E-state index contributed by atoms with van der Waals surface area (Å²) in [5.74, 6) is 0.610. The number of piperidine rings is 1. The van der Waals surface area contributed by atoms with Crippen LogP contribution in [0.4, 0.5) is 4.79 Å². The predicted octanol–water partition coefficient (Wildman–Crippen LogP) is 1.51. The zero-order valence-corrected chi connectivity index (χ0v) is 15.3. The van der Waals surface area contributed by atoms with Crippen molar-refractivity contribution in [3.8, 4) is 0 Å². The van der Waals surface area contributed by atoms with Crippen LogP contribution < -0.4 is 5.32 Å². The summed E-state index contributed by atoms with van der Waals surface area (Å²) in [6.07, 6.45) is 6.19. The number of hydrogen-bond acceptors (Lipinski definition) is 3. The monoisotopic (exact) mass is 336 g/mol. The smallest absolute Gasteiger partial charge is 0.317 e. The minimum atomic E-state index is 0.0854. The van der Waals surface area contributed by atoms with Crippen LogP contribution in [0.15, 0.2) is 0 Å². The minimum Gasteiger partial charge on any atom is -0.349 e. The molecule has 0 aromatic heterocycles. The number of hydrogen-bond donors (Lipinski definition) is 1. The number of carbonyl (C=O) groups is 2. The lowest BCUT2D eigenvalue weighted by Crippen LogP contribution is -2.48. The lowest BCUT2D eigenvalue weighted by Gasteiger charge is -2.33. The minimum absolute atomic E-state index is 0.0854. The average Bonchev–Trinajstić information content (AvgIpc) is 3.32. The molecule has 0 bridgehead atoms. The second-order valence-electron chi connectivity index (χ2n) is 8.08. The molecule has 24 heavy (non-hydrogen) atoms. The van der Waals surface area contributed by atoms with Gasteiger partial charge in [0.15, 0.2) is 0 Å². The Labute approximate surface area is 145 Å². The molecule has 3 rings (SSSR count). The van der Waals surface area contributed by atoms with E-state index in [0.29, 0.717) is 24.4 Å². The Morgan fingerprint density at radius 2 is 1.79 bits per heavy atom. The van der Waals surface area contributed by atoms with Crippen molar-refractivity contribution in [2.45, 2.75) is 63.6 Å². The predicted molar refractivity (Wildman–Crippen MR) is 93.7 cm³/mol. The van der Waals surface area contributed by atoms with Gasteiger partial charge in [-0.25, -0.2) is 4.79 Å². The lowest BCUT2D eigenvalue weighted by molar-refractivity contribution is -0.129. The average molecular weight is 336 g/mol. The summed E-state index contributed by atoms with van der Waals surface area (Å²) in [6.45, 7) is 4.82. The molecule has 2 aliphatic heterocycles. The van der Waals surface area contributed by atoms with Gasteiger partial charge in [-0.05, 0) is 44.9 Å². The molecule has 136 valence electrons. The van der Waals surface area contributed by atoms with Crippen molar-refractivity contribution in [1.82, 2.24) is 20.0 Å². The molecule has 2 unspecified atom stereocenters. The molecular weight excluding hydrogens is 304 g/mol. The third-order valence-electron chi connectivity index (χ3n) is 5.83. The van der Waals surface area contributed by atoms with Gasteiger partial charge in [-0.3, -0.25) is 9.69 Å². The molecule has 0 spiro atoms. The topological polar surface area (TPSA) is 55.9 Å². The number of urea groups is 1. The van der Waals surface area contributed by atoms with E-state index >= 15 is 0 Å². The second kappa shape index (κ2) is 7.30. The Balaban J connectivity index is 1.40. The van der Waals surface area contributed by atoms with E-state index in [1.165, 1.54) is 12.8 Å². The highest BCUT2D eigenvalue weighted by Gasteiger charge is 2.39. The summed E-state index contributed by atoms with van der Waals surface area (Å²) in [5, 5.41) is 3.24. The number of likely N-dealkylation sites (tertiary alicyclic amines) is 2. The fraction of sp³-hybridized carbons (Fsp3) is 0.889. The normalized spacial score (nSPS) is 28.9. The number of carbonyl (C=O) groups excluding carboxylic acids is 2. The third kappa shape index (κ3) is 4.21. The zero-order valence-electron chi connectivity index (χ0n) is 15.3. The molecule has 0 aromatic rings. The van der Waals surface area contributed by atoms with Crippen LogP contribution in [-0.2, 0) is 4.79 Å². The van der Waals surface area contributed by atoms with Crippen LogP contribution in [0.5, 0.6) is 0 Å². The van der Waals surface area contributed by atoms with Crippen LogP contribution in [0, 0.1) is 5.92 Å². The van der Waals surface area contributed by atoms with Crippen molar-refractivity contribution in [3.05, 3.63) is 0 Å². The largest absolute Gasteiger partial charge is 0.349 e. The van der Waals surface area contributed by atoms with E-state index in [0.717, 1.165) is 44.9 Å². The molecule has 1 aliphatic carbocycles. The maximum Gasteiger partial charge on any atom is 0.317 e. The summed E-state index contributed by atoms with van der Waals surface area (Å²) >= 11 is 0. The first-order chi connectivity index (χ1) is 11.4. The van der Waals surface area contributed by atoms with Crippen LogP contribution in [0.2, 0.25) is 0 Å². The molecule has 2 heterocycles. The zero-order chi connectivity index (χ0) is 17.3. The van der Waals surface area contributed by atoms with Crippen LogP contribution >= 0.6 is 0 Å². The third-order valence-corrected chi connectivity index (χ3v) is 5.83. The molecule has 1 N–H and O–H groups in total. The molecule has 3 amide bonds. The van der Waals surface area contributed by atoms with Gasteiger partial charge in [0.25, 0.3) is 0 Å². The first kappa shape index (κ1) is 17.5. The van der Waals surface area contributed by atoms with Gasteiger partial charge in [-0.2, -0.15) is 0 Å². The van der Waals surface area contributed by atoms with Crippen molar-refractivity contribution >= 4 is 11.9 Å². The van der Waals surface area contributed by atoms with Gasteiger partial charge in [0, 0.05) is 58.3 Å². The Hall–Kier alpha value is -1.30.